The highest BCUT2D eigenvalue weighted by Crippen LogP contribution is 2.11. The Morgan fingerprint density at radius 1 is 0.0938 bits per heavy atom. The average Bonchev–Trinajstić information content (AvgIpc) is 3.36. The van der Waals surface area contributed by atoms with Gasteiger partial charge in [-0.2, -0.15) is 0 Å². The molecule has 288 valence electrons. The molecular weight excluding hydrogens is 769 g/mol. The Labute approximate surface area is 376 Å². The van der Waals surface area contributed by atoms with E-state index in [9.17, 15) is 0 Å². The van der Waals surface area contributed by atoms with Gasteiger partial charge in [-0.3, -0.25) is 0 Å². The van der Waals surface area contributed by atoms with E-state index < -0.39 is 0 Å². The largest absolute Gasteiger partial charge is 0.0617 e. The van der Waals surface area contributed by atoms with Gasteiger partial charge in [-0.25, -0.2) is 0 Å². The minimum Gasteiger partial charge on any atom is -0.0617 e. The second-order valence-electron chi connectivity index (χ2n) is 14.6. The molecule has 0 radical (unpaired) electrons. The lowest BCUT2D eigenvalue weighted by atomic mass is 10.1. The molecule has 16 bridgehead atoms. The van der Waals surface area contributed by atoms with Crippen molar-refractivity contribution >= 4 is 0 Å². The Morgan fingerprint density at radius 2 is 0.141 bits per heavy atom. The van der Waals surface area contributed by atoms with Gasteiger partial charge in [0, 0.05) is 89.0 Å². The molecule has 8 aromatic rings. The quantitative estimate of drug-likeness (QED) is 0.134. The lowest BCUT2D eigenvalue weighted by Gasteiger charge is -1.95. The van der Waals surface area contributed by atoms with E-state index in [-0.39, 0.29) is 0 Å². The normalized spacial score (nSPS) is 10.5. The smallest absolute Gasteiger partial charge is 0.0249 e. The van der Waals surface area contributed by atoms with Crippen LogP contribution >= 0.6 is 0 Å². The summed E-state index contributed by atoms with van der Waals surface area (Å²) in [6.07, 6.45) is 0. The Kier molecular flexibility index (Phi) is 12.1. The minimum atomic E-state index is 0.922. The molecule has 0 spiro atoms. The maximum absolute atomic E-state index is 3.25. The molecule has 0 aromatic heterocycles. The molecule has 13 aliphatic carbocycles. The van der Waals surface area contributed by atoms with Crippen molar-refractivity contribution in [2.45, 2.75) is 0 Å². The fraction of sp³-hybridized carbons (Fsp3) is 0. The van der Waals surface area contributed by atoms with Gasteiger partial charge in [0.05, 0.1) is 0 Å². The fourth-order valence-electron chi connectivity index (χ4n) is 6.25. The van der Waals surface area contributed by atoms with Crippen molar-refractivity contribution in [1.82, 2.24) is 0 Å². The molecule has 0 nitrogen and oxygen atoms in total. The van der Waals surface area contributed by atoms with Crippen molar-refractivity contribution in [3.63, 3.8) is 0 Å². The Bertz CT molecular complexity index is 2570. The predicted molar refractivity (Wildman–Crippen MR) is 259 cm³/mol. The van der Waals surface area contributed by atoms with Crippen molar-refractivity contribution in [3.8, 4) is 94.7 Å². The van der Waals surface area contributed by atoms with Gasteiger partial charge in [0.1, 0.15) is 0 Å². The third kappa shape index (κ3) is 11.3. The van der Waals surface area contributed by atoms with Gasteiger partial charge < -0.3 is 0 Å². The Morgan fingerprint density at radius 3 is 0.188 bits per heavy atom. The topological polar surface area (TPSA) is 0 Å². The Hall–Kier alpha value is -9.76. The summed E-state index contributed by atoms with van der Waals surface area (Å²) in [4.78, 5) is 0. The van der Waals surface area contributed by atoms with Crippen molar-refractivity contribution in [1.29, 1.82) is 0 Å². The maximum Gasteiger partial charge on any atom is 0.0249 e. The summed E-state index contributed by atoms with van der Waals surface area (Å²) in [5.41, 5.74) is 14.7. The minimum absolute atomic E-state index is 0.922. The van der Waals surface area contributed by atoms with Gasteiger partial charge in [-0.15, -0.1) is 0 Å². The molecule has 0 amide bonds. The molecule has 0 atom stereocenters. The zero-order valence-electron chi connectivity index (χ0n) is 34.5. The standard InChI is InChI=1S/C64H32/c1-2-50-4-3-49(1)33-34-51-5-7-53(8-6-51)37-38-55-13-15-57(16-14-55)41-42-59-21-23-61(24-22-59)45-46-63-29-31-64(32-30-63)48-47-62-27-25-60(26-28-62)44-43-58-19-17-56(18-20-58)40-39-54-11-9-52(10-12-54)36-35-50/h1-32H. The highest BCUT2D eigenvalue weighted by Gasteiger charge is 1.97. The third-order valence-corrected chi connectivity index (χ3v) is 9.89. The highest BCUT2D eigenvalue weighted by molar-refractivity contribution is 5.55. The van der Waals surface area contributed by atoms with Crippen LogP contribution in [-0.2, 0) is 0 Å². The van der Waals surface area contributed by atoms with Crippen molar-refractivity contribution in [2.75, 3.05) is 0 Å². The molecule has 0 saturated carbocycles. The zero-order chi connectivity index (χ0) is 43.2. The van der Waals surface area contributed by atoms with Crippen LogP contribution in [0.2, 0.25) is 0 Å². The van der Waals surface area contributed by atoms with E-state index in [1.165, 1.54) is 0 Å². The molecule has 0 saturated heterocycles. The van der Waals surface area contributed by atoms with Gasteiger partial charge in [0.25, 0.3) is 0 Å². The molecule has 21 rings (SSSR count). The first-order valence-corrected chi connectivity index (χ1v) is 20.6. The van der Waals surface area contributed by atoms with E-state index >= 15 is 0 Å². The van der Waals surface area contributed by atoms with E-state index in [0.717, 1.165) is 89.0 Å². The average molecular weight is 801 g/mol. The van der Waals surface area contributed by atoms with Crippen LogP contribution in [0.15, 0.2) is 194 Å². The van der Waals surface area contributed by atoms with Crippen LogP contribution in [-0.4, -0.2) is 0 Å². The molecule has 0 fully saturated rings. The van der Waals surface area contributed by atoms with Gasteiger partial charge in [-0.1, -0.05) is 94.7 Å². The van der Waals surface area contributed by atoms with Gasteiger partial charge >= 0.3 is 0 Å². The van der Waals surface area contributed by atoms with Crippen LogP contribution in [0.3, 0.4) is 0 Å². The van der Waals surface area contributed by atoms with Gasteiger partial charge in [0.2, 0.25) is 0 Å². The van der Waals surface area contributed by atoms with E-state index in [1.807, 2.05) is 194 Å². The highest BCUT2D eigenvalue weighted by atomic mass is 14.0. The molecule has 0 N–H and O–H groups in total. The Balaban J connectivity index is 0.933. The van der Waals surface area contributed by atoms with Crippen molar-refractivity contribution in [3.05, 3.63) is 283 Å². The molecular formula is C64H32. The lowest BCUT2D eigenvalue weighted by Crippen LogP contribution is -1.82. The summed E-state index contributed by atoms with van der Waals surface area (Å²) >= 11 is 0. The van der Waals surface area contributed by atoms with E-state index in [2.05, 4.69) is 94.7 Å². The summed E-state index contributed by atoms with van der Waals surface area (Å²) in [6.45, 7) is 0. The summed E-state index contributed by atoms with van der Waals surface area (Å²) in [7, 11) is 0. The molecule has 13 aliphatic rings. The number of rotatable bonds is 0. The van der Waals surface area contributed by atoms with Crippen LogP contribution in [0.4, 0.5) is 0 Å². The van der Waals surface area contributed by atoms with Crippen LogP contribution < -0.4 is 0 Å². The van der Waals surface area contributed by atoms with Gasteiger partial charge in [-0.05, 0) is 194 Å². The first kappa shape index (κ1) is 39.7. The second-order valence-corrected chi connectivity index (χ2v) is 14.6. The fourth-order valence-corrected chi connectivity index (χ4v) is 6.25. The van der Waals surface area contributed by atoms with Crippen molar-refractivity contribution < 1.29 is 0 Å². The van der Waals surface area contributed by atoms with Crippen LogP contribution in [0.5, 0.6) is 0 Å². The third-order valence-electron chi connectivity index (χ3n) is 9.89. The molecule has 8 aromatic carbocycles. The molecule has 64 heavy (non-hydrogen) atoms. The summed E-state index contributed by atoms with van der Waals surface area (Å²) in [5.74, 6) is 52.1. The van der Waals surface area contributed by atoms with E-state index in [0.29, 0.717) is 0 Å². The predicted octanol–water partition coefficient (Wildman–Crippen LogP) is 11.2. The van der Waals surface area contributed by atoms with Gasteiger partial charge in [0.15, 0.2) is 0 Å². The first-order valence-electron chi connectivity index (χ1n) is 20.6. The van der Waals surface area contributed by atoms with E-state index in [1.54, 1.807) is 0 Å². The van der Waals surface area contributed by atoms with E-state index in [4.69, 9.17) is 0 Å². The van der Waals surface area contributed by atoms with Crippen LogP contribution in [0.25, 0.3) is 0 Å². The number of benzene rings is 8. The maximum atomic E-state index is 3.25. The molecule has 0 heteroatoms. The van der Waals surface area contributed by atoms with Crippen LogP contribution in [0.1, 0.15) is 89.0 Å². The molecule has 0 unspecified atom stereocenters. The molecule has 0 heterocycles. The SMILES string of the molecule is C1#Cc2ccc(cc2)C#Cc2ccc(cc2)C#Cc2ccc(cc2)C#Cc2ccc(cc2)C#Cc2ccc(cc2)C#Cc2ccc(cc2)C#Cc2ccc(cc2)C#Cc2ccc1cc2. The summed E-state index contributed by atoms with van der Waals surface area (Å²) in [6, 6.07) is 63.8. The van der Waals surface area contributed by atoms with Crippen LogP contribution in [0, 0.1) is 94.7 Å². The first-order chi connectivity index (χ1) is 31.6. The summed E-state index contributed by atoms with van der Waals surface area (Å²) < 4.78 is 0. The second kappa shape index (κ2) is 19.5. The zero-order valence-corrected chi connectivity index (χ0v) is 34.5. The lowest BCUT2D eigenvalue weighted by molar-refractivity contribution is 1.56. The summed E-state index contributed by atoms with van der Waals surface area (Å²) in [5, 5.41) is 0. The van der Waals surface area contributed by atoms with Crippen molar-refractivity contribution in [2.24, 2.45) is 0 Å². The number of hydrogen-bond acceptors (Lipinski definition) is 0. The molecule has 0 aliphatic heterocycles. The monoisotopic (exact) mass is 800 g/mol. The number of hydrogen-bond donors (Lipinski definition) is 0.